The molecule has 1 N–H and O–H groups in total. The Kier molecular flexibility index (Phi) is 3.56. The van der Waals surface area contributed by atoms with Crippen LogP contribution in [0.5, 0.6) is 0 Å². The molecule has 0 radical (unpaired) electrons. The Hall–Kier alpha value is -2.43. The number of rotatable bonds is 3. The van der Waals surface area contributed by atoms with Crippen molar-refractivity contribution in [2.45, 2.75) is 33.2 Å². The van der Waals surface area contributed by atoms with Crippen molar-refractivity contribution in [1.82, 2.24) is 15.2 Å². The number of amides is 1. The third-order valence-corrected chi connectivity index (χ3v) is 3.67. The van der Waals surface area contributed by atoms with Crippen LogP contribution in [0.25, 0.3) is 0 Å². The highest BCUT2D eigenvalue weighted by atomic mass is 16.2. The number of aryl methyl sites for hydroxylation is 3. The molecule has 1 heterocycles. The third kappa shape index (κ3) is 2.86. The maximum atomic E-state index is 12.0. The molecule has 0 atom stereocenters. The Morgan fingerprint density at radius 3 is 2.90 bits per heavy atom. The first-order chi connectivity index (χ1) is 10.1. The van der Waals surface area contributed by atoms with E-state index in [-0.39, 0.29) is 12.5 Å². The Labute approximate surface area is 123 Å². The highest BCUT2D eigenvalue weighted by molar-refractivity contribution is 6.04. The summed E-state index contributed by atoms with van der Waals surface area (Å²) < 4.78 is 1.69. The van der Waals surface area contributed by atoms with Gasteiger partial charge in [0.05, 0.1) is 11.4 Å². The number of carbonyl (C=O) groups excluding carboxylic acids is 1. The monoisotopic (exact) mass is 282 g/mol. The van der Waals surface area contributed by atoms with Crippen LogP contribution in [-0.4, -0.2) is 21.4 Å². The average molecular weight is 282 g/mol. The minimum absolute atomic E-state index is 0.155. The Balaban J connectivity index is 1.67. The van der Waals surface area contributed by atoms with Crippen molar-refractivity contribution >= 4 is 11.6 Å². The quantitative estimate of drug-likeness (QED) is 0.875. The van der Waals surface area contributed by atoms with Crippen LogP contribution in [0, 0.1) is 13.8 Å². The summed E-state index contributed by atoms with van der Waals surface area (Å²) in [7, 11) is 0. The molecule has 5 heteroatoms. The first kappa shape index (κ1) is 13.5. The lowest BCUT2D eigenvalue weighted by atomic mass is 10.1. The zero-order valence-corrected chi connectivity index (χ0v) is 12.3. The van der Waals surface area contributed by atoms with Crippen molar-refractivity contribution < 1.29 is 4.79 Å². The molecule has 5 nitrogen and oxygen atoms in total. The van der Waals surface area contributed by atoms with Crippen LogP contribution in [0.15, 0.2) is 35.4 Å². The predicted octanol–water partition coefficient (Wildman–Crippen LogP) is 1.97. The molecule has 1 aromatic carbocycles. The molecule has 1 aliphatic carbocycles. The summed E-state index contributed by atoms with van der Waals surface area (Å²) in [5.41, 5.74) is 7.91. The molecule has 2 aromatic rings. The van der Waals surface area contributed by atoms with Crippen molar-refractivity contribution in [3.05, 3.63) is 52.8 Å². The molecule has 0 saturated carbocycles. The number of hydrogen-bond donors (Lipinski definition) is 1. The van der Waals surface area contributed by atoms with Gasteiger partial charge in [0.2, 0.25) is 0 Å². The van der Waals surface area contributed by atoms with E-state index >= 15 is 0 Å². The van der Waals surface area contributed by atoms with E-state index in [0.717, 1.165) is 35.5 Å². The molecule has 0 fully saturated rings. The van der Waals surface area contributed by atoms with E-state index in [1.165, 1.54) is 5.56 Å². The summed E-state index contributed by atoms with van der Waals surface area (Å²) in [6.07, 6.45) is 1.86. The van der Waals surface area contributed by atoms with E-state index in [0.29, 0.717) is 0 Å². The topological polar surface area (TPSA) is 59.3 Å². The van der Waals surface area contributed by atoms with Crippen molar-refractivity contribution in [1.29, 1.82) is 0 Å². The van der Waals surface area contributed by atoms with Crippen LogP contribution >= 0.6 is 0 Å². The fourth-order valence-corrected chi connectivity index (χ4v) is 2.66. The first-order valence-corrected chi connectivity index (χ1v) is 7.08. The van der Waals surface area contributed by atoms with Crippen LogP contribution < -0.4 is 5.43 Å². The van der Waals surface area contributed by atoms with Gasteiger partial charge < -0.3 is 0 Å². The molecule has 1 aliphatic rings. The van der Waals surface area contributed by atoms with Gasteiger partial charge in [-0.1, -0.05) is 24.3 Å². The molecular weight excluding hydrogens is 264 g/mol. The lowest BCUT2D eigenvalue weighted by molar-refractivity contribution is -0.121. The molecule has 108 valence electrons. The maximum Gasteiger partial charge on any atom is 0.261 e. The molecule has 21 heavy (non-hydrogen) atoms. The van der Waals surface area contributed by atoms with Crippen LogP contribution in [0.4, 0.5) is 0 Å². The molecule has 0 unspecified atom stereocenters. The van der Waals surface area contributed by atoms with E-state index in [2.05, 4.69) is 21.7 Å². The summed E-state index contributed by atoms with van der Waals surface area (Å²) >= 11 is 0. The molecule has 0 spiro atoms. The van der Waals surface area contributed by atoms with E-state index in [4.69, 9.17) is 0 Å². The third-order valence-electron chi connectivity index (χ3n) is 3.67. The van der Waals surface area contributed by atoms with E-state index in [9.17, 15) is 4.79 Å². The van der Waals surface area contributed by atoms with Gasteiger partial charge in [0.25, 0.3) is 5.91 Å². The van der Waals surface area contributed by atoms with E-state index in [1.54, 1.807) is 4.68 Å². The molecule has 1 amide bonds. The number of carbonyl (C=O) groups is 1. The second-order valence-electron chi connectivity index (χ2n) is 5.34. The highest BCUT2D eigenvalue weighted by Crippen LogP contribution is 2.21. The molecular formula is C16H18N4O. The van der Waals surface area contributed by atoms with Crippen LogP contribution in [0.3, 0.4) is 0 Å². The smallest absolute Gasteiger partial charge is 0.261 e. The second kappa shape index (κ2) is 5.52. The molecule has 0 aliphatic heterocycles. The summed E-state index contributed by atoms with van der Waals surface area (Å²) in [4.78, 5) is 12.0. The van der Waals surface area contributed by atoms with Crippen LogP contribution in [-0.2, 0) is 17.8 Å². The van der Waals surface area contributed by atoms with Crippen molar-refractivity contribution in [3.8, 4) is 0 Å². The SMILES string of the molecule is Cc1cc(C)n(CC(=O)N/N=C2/CCc3ccccc32)n1. The van der Waals surface area contributed by atoms with Crippen LogP contribution in [0.1, 0.15) is 28.9 Å². The number of nitrogens with zero attached hydrogens (tertiary/aromatic N) is 3. The number of hydrogen-bond acceptors (Lipinski definition) is 3. The van der Waals surface area contributed by atoms with E-state index < -0.39 is 0 Å². The van der Waals surface area contributed by atoms with Gasteiger partial charge >= 0.3 is 0 Å². The van der Waals surface area contributed by atoms with Gasteiger partial charge in [0.15, 0.2) is 0 Å². The summed E-state index contributed by atoms with van der Waals surface area (Å²) in [5.74, 6) is -0.155. The van der Waals surface area contributed by atoms with Gasteiger partial charge in [0.1, 0.15) is 6.54 Å². The molecule has 0 bridgehead atoms. The maximum absolute atomic E-state index is 12.0. The summed E-state index contributed by atoms with van der Waals surface area (Å²) in [6, 6.07) is 10.1. The lowest BCUT2D eigenvalue weighted by Gasteiger charge is -2.04. The Morgan fingerprint density at radius 1 is 1.33 bits per heavy atom. The van der Waals surface area contributed by atoms with Gasteiger partial charge in [0, 0.05) is 11.3 Å². The number of hydrazone groups is 1. The highest BCUT2D eigenvalue weighted by Gasteiger charge is 2.17. The number of aromatic nitrogens is 2. The fraction of sp³-hybridized carbons (Fsp3) is 0.312. The standard InChI is InChI=1S/C16H18N4O/c1-11-9-12(2)20(19-11)10-16(21)18-17-15-8-7-13-5-3-4-6-14(13)15/h3-6,9H,7-8,10H2,1-2H3,(H,18,21)/b17-15-. The normalized spacial score (nSPS) is 15.2. The number of nitrogens with one attached hydrogen (secondary N) is 1. The Morgan fingerprint density at radius 2 is 2.14 bits per heavy atom. The summed E-state index contributed by atoms with van der Waals surface area (Å²) in [5, 5.41) is 8.55. The van der Waals surface area contributed by atoms with Gasteiger partial charge in [-0.15, -0.1) is 0 Å². The van der Waals surface area contributed by atoms with E-state index in [1.807, 2.05) is 38.1 Å². The largest absolute Gasteiger partial charge is 0.271 e. The van der Waals surface area contributed by atoms with Crippen molar-refractivity contribution in [3.63, 3.8) is 0 Å². The van der Waals surface area contributed by atoms with Gasteiger partial charge in [-0.05, 0) is 38.3 Å². The summed E-state index contributed by atoms with van der Waals surface area (Å²) in [6.45, 7) is 4.04. The van der Waals surface area contributed by atoms with Gasteiger partial charge in [-0.25, -0.2) is 5.43 Å². The number of fused-ring (bicyclic) bond motifs is 1. The first-order valence-electron chi connectivity index (χ1n) is 7.08. The van der Waals surface area contributed by atoms with Crippen molar-refractivity contribution in [2.75, 3.05) is 0 Å². The fourth-order valence-electron chi connectivity index (χ4n) is 2.66. The minimum Gasteiger partial charge on any atom is -0.271 e. The number of benzene rings is 1. The van der Waals surface area contributed by atoms with Gasteiger partial charge in [-0.2, -0.15) is 10.2 Å². The zero-order valence-electron chi connectivity index (χ0n) is 12.3. The molecule has 0 saturated heterocycles. The Bertz CT molecular complexity index is 715. The second-order valence-corrected chi connectivity index (χ2v) is 5.34. The van der Waals surface area contributed by atoms with Gasteiger partial charge in [-0.3, -0.25) is 9.48 Å². The van der Waals surface area contributed by atoms with Crippen LogP contribution in [0.2, 0.25) is 0 Å². The zero-order chi connectivity index (χ0) is 14.8. The predicted molar refractivity (Wildman–Crippen MR) is 81.1 cm³/mol. The van der Waals surface area contributed by atoms with Crippen molar-refractivity contribution in [2.24, 2.45) is 5.10 Å². The lowest BCUT2D eigenvalue weighted by Crippen LogP contribution is -2.25. The molecule has 1 aromatic heterocycles. The molecule has 3 rings (SSSR count). The average Bonchev–Trinajstić information content (AvgIpc) is 3.00. The minimum atomic E-state index is -0.155.